The summed E-state index contributed by atoms with van der Waals surface area (Å²) in [5.74, 6) is 0.0671. The lowest BCUT2D eigenvalue weighted by Crippen LogP contribution is -2.21. The molecule has 0 spiro atoms. The first-order chi connectivity index (χ1) is 6.56. The van der Waals surface area contributed by atoms with Gasteiger partial charge in [-0.1, -0.05) is 15.9 Å². The summed E-state index contributed by atoms with van der Waals surface area (Å²) in [6, 6.07) is 0. The number of halogens is 2. The Balaban J connectivity index is 2.95. The summed E-state index contributed by atoms with van der Waals surface area (Å²) in [6.45, 7) is 0. The monoisotopic (exact) mass is 281 g/mol. The van der Waals surface area contributed by atoms with Crippen molar-refractivity contribution in [3.63, 3.8) is 0 Å². The van der Waals surface area contributed by atoms with Crippen LogP contribution in [0.3, 0.4) is 0 Å². The predicted octanol–water partition coefficient (Wildman–Crippen LogP) is 0.501. The lowest BCUT2D eigenvalue weighted by Gasteiger charge is -2.16. The maximum absolute atomic E-state index is 9.58. The van der Waals surface area contributed by atoms with Crippen molar-refractivity contribution in [1.29, 1.82) is 0 Å². The van der Waals surface area contributed by atoms with E-state index in [-0.39, 0.29) is 22.0 Å². The fraction of sp³-hybridized carbons (Fsp3) is 0.429. The van der Waals surface area contributed by atoms with E-state index >= 15 is 0 Å². The van der Waals surface area contributed by atoms with Gasteiger partial charge in [-0.15, -0.1) is 0 Å². The maximum Gasteiger partial charge on any atom is 0.224 e. The zero-order chi connectivity index (χ0) is 10.7. The molecular weight excluding hydrogens is 273 g/mol. The molecule has 2 atom stereocenters. The lowest BCUT2D eigenvalue weighted by atomic mass is 10.1. The Morgan fingerprint density at radius 1 is 1.57 bits per heavy atom. The van der Waals surface area contributed by atoms with Crippen LogP contribution in [0, 0.1) is 0 Å². The summed E-state index contributed by atoms with van der Waals surface area (Å²) in [5, 5.41) is 19.1. The summed E-state index contributed by atoms with van der Waals surface area (Å²) in [6.07, 6.45) is -0.782. The van der Waals surface area contributed by atoms with Crippen LogP contribution < -0.4 is 5.73 Å². The molecule has 4 N–H and O–H groups in total. The predicted molar refractivity (Wildman–Crippen MR) is 56.2 cm³/mol. The second kappa shape index (κ2) is 4.88. The van der Waals surface area contributed by atoms with Crippen LogP contribution in [0.5, 0.6) is 0 Å². The van der Waals surface area contributed by atoms with E-state index in [0.29, 0.717) is 0 Å². The molecule has 0 bridgehead atoms. The van der Waals surface area contributed by atoms with Crippen molar-refractivity contribution in [2.75, 3.05) is 11.1 Å². The van der Waals surface area contributed by atoms with E-state index < -0.39 is 12.2 Å². The highest BCUT2D eigenvalue weighted by molar-refractivity contribution is 9.09. The van der Waals surface area contributed by atoms with E-state index in [4.69, 9.17) is 17.3 Å². The van der Waals surface area contributed by atoms with E-state index in [1.54, 1.807) is 0 Å². The number of hydrogen-bond acceptors (Lipinski definition) is 5. The van der Waals surface area contributed by atoms with Gasteiger partial charge in [-0.3, -0.25) is 0 Å². The van der Waals surface area contributed by atoms with Crippen LogP contribution >= 0.6 is 27.5 Å². The van der Waals surface area contributed by atoms with Crippen LogP contribution in [0.1, 0.15) is 11.7 Å². The van der Waals surface area contributed by atoms with Crippen LogP contribution in [0.25, 0.3) is 0 Å². The fourth-order valence-corrected chi connectivity index (χ4v) is 1.40. The van der Waals surface area contributed by atoms with E-state index in [9.17, 15) is 10.2 Å². The van der Waals surface area contributed by atoms with Crippen molar-refractivity contribution in [1.82, 2.24) is 9.97 Å². The second-order valence-corrected chi connectivity index (χ2v) is 3.63. The first kappa shape index (κ1) is 11.6. The maximum atomic E-state index is 9.58. The van der Waals surface area contributed by atoms with Gasteiger partial charge in [0.05, 0.1) is 6.10 Å². The molecule has 2 unspecified atom stereocenters. The highest BCUT2D eigenvalue weighted by atomic mass is 79.9. The summed E-state index contributed by atoms with van der Waals surface area (Å²) in [5.41, 5.74) is 5.76. The van der Waals surface area contributed by atoms with Crippen molar-refractivity contribution < 1.29 is 10.2 Å². The Bertz CT molecular complexity index is 326. The summed E-state index contributed by atoms with van der Waals surface area (Å²) >= 11 is 8.51. The first-order valence-corrected chi connectivity index (χ1v) is 5.26. The third-order valence-corrected chi connectivity index (χ3v) is 2.51. The minimum absolute atomic E-state index is 0.00628. The molecule has 1 rings (SSSR count). The largest absolute Gasteiger partial charge is 0.389 e. The summed E-state index contributed by atoms with van der Waals surface area (Å²) in [7, 11) is 0. The Morgan fingerprint density at radius 3 is 2.71 bits per heavy atom. The van der Waals surface area contributed by atoms with E-state index in [2.05, 4.69) is 25.9 Å². The van der Waals surface area contributed by atoms with Gasteiger partial charge in [-0.05, 0) is 11.6 Å². The summed E-state index contributed by atoms with van der Waals surface area (Å²) in [4.78, 5) is 7.32. The van der Waals surface area contributed by atoms with Crippen molar-refractivity contribution in [3.05, 3.63) is 17.0 Å². The second-order valence-electron chi connectivity index (χ2n) is 2.65. The Hall–Kier alpha value is -0.430. The molecule has 1 aromatic rings. The first-order valence-electron chi connectivity index (χ1n) is 3.76. The molecule has 0 saturated heterocycles. The van der Waals surface area contributed by atoms with Crippen molar-refractivity contribution in [2.24, 2.45) is 0 Å². The SMILES string of the molecule is Nc1nc(Cl)ncc1C(O)C(O)CBr. The normalized spacial score (nSPS) is 15.1. The number of aliphatic hydroxyl groups excluding tert-OH is 2. The van der Waals surface area contributed by atoms with Crippen LogP contribution in [0.15, 0.2) is 6.20 Å². The zero-order valence-corrected chi connectivity index (χ0v) is 9.40. The smallest absolute Gasteiger partial charge is 0.224 e. The molecule has 0 aliphatic heterocycles. The van der Waals surface area contributed by atoms with Crippen LogP contribution in [0.2, 0.25) is 5.28 Å². The fourth-order valence-electron chi connectivity index (χ4n) is 0.901. The molecule has 0 radical (unpaired) electrons. The molecule has 1 aromatic heterocycles. The number of anilines is 1. The average molecular weight is 283 g/mol. The summed E-state index contributed by atoms with van der Waals surface area (Å²) < 4.78 is 0. The number of hydrogen-bond donors (Lipinski definition) is 3. The number of aliphatic hydroxyl groups is 2. The van der Waals surface area contributed by atoms with Gasteiger partial charge in [-0.25, -0.2) is 9.97 Å². The van der Waals surface area contributed by atoms with Crippen LogP contribution in [-0.4, -0.2) is 31.6 Å². The molecule has 7 heteroatoms. The van der Waals surface area contributed by atoms with Crippen LogP contribution in [0.4, 0.5) is 5.82 Å². The van der Waals surface area contributed by atoms with Gasteiger partial charge in [0.1, 0.15) is 11.9 Å². The van der Waals surface area contributed by atoms with Crippen LogP contribution in [-0.2, 0) is 0 Å². The van der Waals surface area contributed by atoms with Crippen molar-refractivity contribution in [3.8, 4) is 0 Å². The van der Waals surface area contributed by atoms with Gasteiger partial charge in [-0.2, -0.15) is 0 Å². The molecule has 5 nitrogen and oxygen atoms in total. The van der Waals surface area contributed by atoms with Gasteiger partial charge < -0.3 is 15.9 Å². The van der Waals surface area contributed by atoms with E-state index in [1.165, 1.54) is 6.20 Å². The zero-order valence-electron chi connectivity index (χ0n) is 7.06. The standard InChI is InChI=1S/C7H9BrClN3O2/c8-1-4(13)5(14)3-2-11-7(9)12-6(3)10/h2,4-5,13-14H,1H2,(H2,10,11,12). The van der Waals surface area contributed by atoms with Gasteiger partial charge in [0.15, 0.2) is 0 Å². The third kappa shape index (κ3) is 2.54. The minimum Gasteiger partial charge on any atom is -0.389 e. The van der Waals surface area contributed by atoms with Gasteiger partial charge in [0.25, 0.3) is 0 Å². The topological polar surface area (TPSA) is 92.3 Å². The number of aromatic nitrogens is 2. The molecule has 0 fully saturated rings. The molecule has 14 heavy (non-hydrogen) atoms. The lowest BCUT2D eigenvalue weighted by molar-refractivity contribution is 0.0343. The van der Waals surface area contributed by atoms with E-state index in [0.717, 1.165) is 0 Å². The van der Waals surface area contributed by atoms with Gasteiger partial charge in [0, 0.05) is 17.1 Å². The highest BCUT2D eigenvalue weighted by Crippen LogP contribution is 2.22. The van der Waals surface area contributed by atoms with Gasteiger partial charge >= 0.3 is 0 Å². The Kier molecular flexibility index (Phi) is 4.06. The number of rotatable bonds is 3. The number of nitrogen functional groups attached to an aromatic ring is 1. The van der Waals surface area contributed by atoms with Crippen molar-refractivity contribution >= 4 is 33.3 Å². The van der Waals surface area contributed by atoms with Gasteiger partial charge in [0.2, 0.25) is 5.28 Å². The van der Waals surface area contributed by atoms with Crippen molar-refractivity contribution in [2.45, 2.75) is 12.2 Å². The number of nitrogens with zero attached hydrogens (tertiary/aromatic N) is 2. The number of alkyl halides is 1. The molecule has 0 amide bonds. The molecule has 0 aliphatic rings. The molecule has 78 valence electrons. The Labute approximate surface area is 94.1 Å². The van der Waals surface area contributed by atoms with E-state index in [1.807, 2.05) is 0 Å². The molecule has 0 aliphatic carbocycles. The quantitative estimate of drug-likeness (QED) is 0.555. The number of nitrogens with two attached hydrogens (primary N) is 1. The molecule has 0 saturated carbocycles. The minimum atomic E-state index is -1.12. The average Bonchev–Trinajstić information content (AvgIpc) is 2.15. The Morgan fingerprint density at radius 2 is 2.21 bits per heavy atom. The molecular formula is C7H9BrClN3O2. The molecule has 0 aromatic carbocycles. The highest BCUT2D eigenvalue weighted by Gasteiger charge is 2.20. The third-order valence-electron chi connectivity index (χ3n) is 1.66. The molecule has 1 heterocycles.